The van der Waals surface area contributed by atoms with Gasteiger partial charge in [0.1, 0.15) is 5.82 Å². The molecule has 0 atom stereocenters. The van der Waals surface area contributed by atoms with Gasteiger partial charge in [-0.2, -0.15) is 0 Å². The molecule has 5 nitrogen and oxygen atoms in total. The molecule has 24 heavy (non-hydrogen) atoms. The van der Waals surface area contributed by atoms with E-state index >= 15 is 0 Å². The number of nitrogens with one attached hydrogen (secondary N) is 1. The van der Waals surface area contributed by atoms with Crippen molar-refractivity contribution >= 4 is 11.7 Å². The van der Waals surface area contributed by atoms with Crippen molar-refractivity contribution in [1.29, 1.82) is 0 Å². The summed E-state index contributed by atoms with van der Waals surface area (Å²) < 4.78 is 17.9. The highest BCUT2D eigenvalue weighted by Crippen LogP contribution is 2.15. The third kappa shape index (κ3) is 3.38. The van der Waals surface area contributed by atoms with Gasteiger partial charge in [-0.1, -0.05) is 23.4 Å². The van der Waals surface area contributed by atoms with Gasteiger partial charge < -0.3 is 9.84 Å². The van der Waals surface area contributed by atoms with Crippen LogP contribution in [-0.2, 0) is 6.54 Å². The molecule has 0 saturated carbocycles. The van der Waals surface area contributed by atoms with E-state index in [1.165, 1.54) is 30.5 Å². The molecule has 0 aliphatic heterocycles. The molecule has 0 aliphatic carbocycles. The number of amides is 1. The van der Waals surface area contributed by atoms with E-state index in [4.69, 9.17) is 4.52 Å². The number of aromatic nitrogens is 1. The lowest BCUT2D eigenvalue weighted by atomic mass is 9.98. The number of hydrogen-bond acceptors (Lipinski definition) is 4. The van der Waals surface area contributed by atoms with Gasteiger partial charge in [0.25, 0.3) is 5.91 Å². The quantitative estimate of drug-likeness (QED) is 0.732. The maximum Gasteiger partial charge on any atom is 0.252 e. The Kier molecular flexibility index (Phi) is 4.47. The first-order valence-corrected chi connectivity index (χ1v) is 7.22. The Balaban J connectivity index is 1.83. The number of nitrogens with zero attached hydrogens (tertiary/aromatic N) is 1. The fourth-order valence-electron chi connectivity index (χ4n) is 2.23. The van der Waals surface area contributed by atoms with Crippen molar-refractivity contribution in [3.63, 3.8) is 0 Å². The smallest absolute Gasteiger partial charge is 0.252 e. The fraction of sp³-hybridized carbons (Fsp3) is 0.0556. The molecule has 1 N–H and O–H groups in total. The Labute approximate surface area is 137 Å². The van der Waals surface area contributed by atoms with Crippen molar-refractivity contribution in [3.8, 4) is 0 Å². The largest absolute Gasteiger partial charge is 0.360 e. The van der Waals surface area contributed by atoms with Crippen LogP contribution < -0.4 is 5.32 Å². The van der Waals surface area contributed by atoms with Gasteiger partial charge in [0.15, 0.2) is 11.5 Å². The molecule has 1 aromatic heterocycles. The van der Waals surface area contributed by atoms with E-state index in [2.05, 4.69) is 10.5 Å². The second-order valence-corrected chi connectivity index (χ2v) is 5.04. The SMILES string of the molecule is O=C(NCc1ccno1)c1ccccc1C(=O)c1ccc(F)cc1. The van der Waals surface area contributed by atoms with Gasteiger partial charge in [-0.3, -0.25) is 9.59 Å². The fourth-order valence-corrected chi connectivity index (χ4v) is 2.23. The Morgan fingerprint density at radius 1 is 1.00 bits per heavy atom. The summed E-state index contributed by atoms with van der Waals surface area (Å²) in [5.41, 5.74) is 0.803. The molecule has 3 rings (SSSR count). The molecular formula is C18H13FN2O3. The maximum absolute atomic E-state index is 13.0. The minimum Gasteiger partial charge on any atom is -0.360 e. The van der Waals surface area contributed by atoms with Crippen LogP contribution in [0.1, 0.15) is 32.0 Å². The number of benzene rings is 2. The average Bonchev–Trinajstić information content (AvgIpc) is 3.13. The molecule has 0 radical (unpaired) electrons. The van der Waals surface area contributed by atoms with Gasteiger partial charge in [-0.15, -0.1) is 0 Å². The Bertz CT molecular complexity index is 858. The van der Waals surface area contributed by atoms with Crippen LogP contribution in [0.2, 0.25) is 0 Å². The normalized spacial score (nSPS) is 10.4. The lowest BCUT2D eigenvalue weighted by Gasteiger charge is -2.09. The first-order valence-electron chi connectivity index (χ1n) is 7.22. The molecule has 3 aromatic rings. The number of rotatable bonds is 5. The molecule has 1 heterocycles. The molecule has 0 fully saturated rings. The van der Waals surface area contributed by atoms with Gasteiger partial charge >= 0.3 is 0 Å². The molecule has 0 saturated heterocycles. The van der Waals surface area contributed by atoms with Gasteiger partial charge in [-0.05, 0) is 30.3 Å². The number of carbonyl (C=O) groups excluding carboxylic acids is 2. The van der Waals surface area contributed by atoms with Crippen LogP contribution in [-0.4, -0.2) is 16.8 Å². The molecule has 120 valence electrons. The standard InChI is InChI=1S/C18H13FN2O3/c19-13-7-5-12(6-8-13)17(22)15-3-1-2-4-16(15)18(23)20-11-14-9-10-21-24-14/h1-10H,11H2,(H,20,23). The van der Waals surface area contributed by atoms with Crippen LogP contribution in [0.5, 0.6) is 0 Å². The van der Waals surface area contributed by atoms with Gasteiger partial charge in [0, 0.05) is 17.2 Å². The zero-order valence-electron chi connectivity index (χ0n) is 12.5. The van der Waals surface area contributed by atoms with E-state index in [9.17, 15) is 14.0 Å². The topological polar surface area (TPSA) is 72.2 Å². The predicted octanol–water partition coefficient (Wildman–Crippen LogP) is 2.97. The molecule has 6 heteroatoms. The number of halogens is 1. The molecule has 0 bridgehead atoms. The third-order valence-electron chi connectivity index (χ3n) is 3.44. The van der Waals surface area contributed by atoms with Crippen molar-refractivity contribution in [2.75, 3.05) is 0 Å². The minimum absolute atomic E-state index is 0.165. The van der Waals surface area contributed by atoms with E-state index < -0.39 is 11.7 Å². The Morgan fingerprint density at radius 3 is 2.38 bits per heavy atom. The monoisotopic (exact) mass is 324 g/mol. The molecule has 0 unspecified atom stereocenters. The molecule has 0 aliphatic rings. The van der Waals surface area contributed by atoms with Crippen molar-refractivity contribution < 1.29 is 18.5 Å². The number of carbonyl (C=O) groups is 2. The first kappa shape index (κ1) is 15.6. The zero-order chi connectivity index (χ0) is 16.9. The van der Waals surface area contributed by atoms with Gasteiger partial charge in [0.2, 0.25) is 0 Å². The molecule has 0 spiro atoms. The van der Waals surface area contributed by atoms with Gasteiger partial charge in [0.05, 0.1) is 18.3 Å². The summed E-state index contributed by atoms with van der Waals surface area (Å²) in [6.07, 6.45) is 1.48. The Hall–Kier alpha value is -3.28. The van der Waals surface area contributed by atoms with Crippen LogP contribution in [0, 0.1) is 5.82 Å². The predicted molar refractivity (Wildman–Crippen MR) is 83.9 cm³/mol. The molecular weight excluding hydrogens is 311 g/mol. The van der Waals surface area contributed by atoms with E-state index in [0.717, 1.165) is 0 Å². The summed E-state index contributed by atoms with van der Waals surface area (Å²) in [6, 6.07) is 13.3. The zero-order valence-corrected chi connectivity index (χ0v) is 12.5. The second-order valence-electron chi connectivity index (χ2n) is 5.04. The molecule has 2 aromatic carbocycles. The van der Waals surface area contributed by atoms with E-state index in [1.54, 1.807) is 30.3 Å². The lowest BCUT2D eigenvalue weighted by molar-refractivity contribution is 0.0936. The summed E-state index contributed by atoms with van der Waals surface area (Å²) in [5, 5.41) is 6.23. The van der Waals surface area contributed by atoms with Crippen molar-refractivity contribution in [2.24, 2.45) is 0 Å². The van der Waals surface area contributed by atoms with E-state index in [-0.39, 0.29) is 23.5 Å². The Morgan fingerprint density at radius 2 is 1.71 bits per heavy atom. The minimum atomic E-state index is -0.426. The van der Waals surface area contributed by atoms with Crippen LogP contribution in [0.3, 0.4) is 0 Å². The third-order valence-corrected chi connectivity index (χ3v) is 3.44. The summed E-state index contributed by atoms with van der Waals surface area (Å²) >= 11 is 0. The highest BCUT2D eigenvalue weighted by Gasteiger charge is 2.18. The van der Waals surface area contributed by atoms with Crippen molar-refractivity contribution in [3.05, 3.63) is 89.1 Å². The summed E-state index contributed by atoms with van der Waals surface area (Å²) in [6.45, 7) is 0.165. The number of hydrogen-bond donors (Lipinski definition) is 1. The van der Waals surface area contributed by atoms with Crippen molar-refractivity contribution in [1.82, 2.24) is 10.5 Å². The van der Waals surface area contributed by atoms with E-state index in [0.29, 0.717) is 11.3 Å². The lowest BCUT2D eigenvalue weighted by Crippen LogP contribution is -2.24. The van der Waals surface area contributed by atoms with Crippen LogP contribution in [0.4, 0.5) is 4.39 Å². The summed E-state index contributed by atoms with van der Waals surface area (Å²) in [7, 11) is 0. The number of ketones is 1. The average molecular weight is 324 g/mol. The van der Waals surface area contributed by atoms with Gasteiger partial charge in [-0.25, -0.2) is 4.39 Å². The first-order chi connectivity index (χ1) is 11.6. The highest BCUT2D eigenvalue weighted by atomic mass is 19.1. The highest BCUT2D eigenvalue weighted by molar-refractivity contribution is 6.15. The second kappa shape index (κ2) is 6.87. The summed E-state index contributed by atoms with van der Waals surface area (Å²) in [4.78, 5) is 25.0. The molecule has 1 amide bonds. The summed E-state index contributed by atoms with van der Waals surface area (Å²) in [5.74, 6) is -0.673. The van der Waals surface area contributed by atoms with Crippen LogP contribution in [0.25, 0.3) is 0 Å². The maximum atomic E-state index is 13.0. The van der Waals surface area contributed by atoms with Crippen molar-refractivity contribution in [2.45, 2.75) is 6.54 Å². The van der Waals surface area contributed by atoms with Crippen LogP contribution >= 0.6 is 0 Å². The van der Waals surface area contributed by atoms with Crippen LogP contribution in [0.15, 0.2) is 65.3 Å². The van der Waals surface area contributed by atoms with E-state index in [1.807, 2.05) is 0 Å².